The average Bonchev–Trinajstić information content (AvgIpc) is 2.73. The molecule has 6 heteroatoms. The number of benzene rings is 1. The summed E-state index contributed by atoms with van der Waals surface area (Å²) < 4.78 is 0. The van der Waals surface area contributed by atoms with E-state index in [1.165, 1.54) is 6.42 Å². The molecule has 0 bridgehead atoms. The third kappa shape index (κ3) is 5.55. The molecule has 2 saturated heterocycles. The highest BCUT2D eigenvalue weighted by atomic mass is 16.2. The summed E-state index contributed by atoms with van der Waals surface area (Å²) >= 11 is 0. The van der Waals surface area contributed by atoms with Gasteiger partial charge in [-0.3, -0.25) is 14.4 Å². The Morgan fingerprint density at radius 1 is 0.889 bits per heavy atom. The van der Waals surface area contributed by atoms with E-state index in [4.69, 9.17) is 0 Å². The SMILES string of the molecule is O=C(Cc1ccccc1)NCC(=O)N1CCC(C(=O)N2CCCCC2)CC1. The summed E-state index contributed by atoms with van der Waals surface area (Å²) in [6.45, 7) is 2.97. The minimum absolute atomic E-state index is 0.0242. The summed E-state index contributed by atoms with van der Waals surface area (Å²) in [4.78, 5) is 40.7. The van der Waals surface area contributed by atoms with Gasteiger partial charge in [0.2, 0.25) is 17.7 Å². The Bertz CT molecular complexity index is 648. The topological polar surface area (TPSA) is 69.7 Å². The van der Waals surface area contributed by atoms with Gasteiger partial charge in [0.15, 0.2) is 0 Å². The van der Waals surface area contributed by atoms with Gasteiger partial charge in [-0.1, -0.05) is 30.3 Å². The number of hydrogen-bond donors (Lipinski definition) is 1. The molecule has 0 saturated carbocycles. The van der Waals surface area contributed by atoms with Crippen molar-refractivity contribution in [3.05, 3.63) is 35.9 Å². The van der Waals surface area contributed by atoms with Crippen molar-refractivity contribution in [2.24, 2.45) is 5.92 Å². The molecular formula is C21H29N3O3. The van der Waals surface area contributed by atoms with Crippen LogP contribution in [0.2, 0.25) is 0 Å². The van der Waals surface area contributed by atoms with Crippen molar-refractivity contribution in [2.75, 3.05) is 32.7 Å². The quantitative estimate of drug-likeness (QED) is 0.855. The van der Waals surface area contributed by atoms with Crippen molar-refractivity contribution in [3.63, 3.8) is 0 Å². The van der Waals surface area contributed by atoms with Gasteiger partial charge >= 0.3 is 0 Å². The monoisotopic (exact) mass is 371 g/mol. The smallest absolute Gasteiger partial charge is 0.241 e. The molecule has 27 heavy (non-hydrogen) atoms. The van der Waals surface area contributed by atoms with Crippen LogP contribution in [0.5, 0.6) is 0 Å². The normalized spacial score (nSPS) is 18.2. The van der Waals surface area contributed by atoms with Gasteiger partial charge in [0.05, 0.1) is 13.0 Å². The number of likely N-dealkylation sites (tertiary alicyclic amines) is 2. The lowest BCUT2D eigenvalue weighted by atomic mass is 9.94. The zero-order chi connectivity index (χ0) is 19.1. The number of nitrogens with zero attached hydrogens (tertiary/aromatic N) is 2. The summed E-state index contributed by atoms with van der Waals surface area (Å²) in [5.41, 5.74) is 0.930. The van der Waals surface area contributed by atoms with E-state index in [2.05, 4.69) is 5.32 Å². The maximum atomic E-state index is 12.6. The van der Waals surface area contributed by atoms with Crippen LogP contribution in [0, 0.1) is 5.92 Å². The molecule has 0 unspecified atom stereocenters. The van der Waals surface area contributed by atoms with Crippen LogP contribution in [0.15, 0.2) is 30.3 Å². The van der Waals surface area contributed by atoms with Crippen molar-refractivity contribution < 1.29 is 14.4 Å². The highest BCUT2D eigenvalue weighted by Crippen LogP contribution is 2.21. The molecule has 3 amide bonds. The van der Waals surface area contributed by atoms with E-state index >= 15 is 0 Å². The summed E-state index contributed by atoms with van der Waals surface area (Å²) in [7, 11) is 0. The second kappa shape index (κ2) is 9.53. The summed E-state index contributed by atoms with van der Waals surface area (Å²) in [6.07, 6.45) is 5.14. The molecule has 0 spiro atoms. The Morgan fingerprint density at radius 2 is 1.56 bits per heavy atom. The second-order valence-corrected chi connectivity index (χ2v) is 7.48. The average molecular weight is 371 g/mol. The minimum atomic E-state index is -0.148. The van der Waals surface area contributed by atoms with Crippen LogP contribution in [0.1, 0.15) is 37.7 Å². The Morgan fingerprint density at radius 3 is 2.22 bits per heavy atom. The van der Waals surface area contributed by atoms with Crippen molar-refractivity contribution >= 4 is 17.7 Å². The van der Waals surface area contributed by atoms with Crippen LogP contribution < -0.4 is 5.32 Å². The molecule has 0 atom stereocenters. The molecule has 1 aromatic carbocycles. The van der Waals surface area contributed by atoms with Gasteiger partial charge in [-0.05, 0) is 37.7 Å². The fourth-order valence-corrected chi connectivity index (χ4v) is 3.88. The number of piperidine rings is 2. The van der Waals surface area contributed by atoms with Crippen LogP contribution in [-0.2, 0) is 20.8 Å². The molecule has 2 fully saturated rings. The molecule has 1 N–H and O–H groups in total. The first-order valence-corrected chi connectivity index (χ1v) is 10.0. The molecule has 6 nitrogen and oxygen atoms in total. The van der Waals surface area contributed by atoms with Crippen LogP contribution in [-0.4, -0.2) is 60.2 Å². The number of carbonyl (C=O) groups excluding carboxylic acids is 3. The maximum Gasteiger partial charge on any atom is 0.241 e. The van der Waals surface area contributed by atoms with E-state index in [0.29, 0.717) is 13.1 Å². The Labute approximate surface area is 160 Å². The molecular weight excluding hydrogens is 342 g/mol. The van der Waals surface area contributed by atoms with Crippen LogP contribution >= 0.6 is 0 Å². The highest BCUT2D eigenvalue weighted by Gasteiger charge is 2.30. The molecule has 2 heterocycles. The Hall–Kier alpha value is -2.37. The molecule has 2 aliphatic heterocycles. The number of nitrogens with one attached hydrogen (secondary N) is 1. The predicted octanol–water partition coefficient (Wildman–Crippen LogP) is 1.60. The lowest BCUT2D eigenvalue weighted by Crippen LogP contribution is -2.48. The van der Waals surface area contributed by atoms with Crippen LogP contribution in [0.3, 0.4) is 0 Å². The molecule has 1 aromatic rings. The number of carbonyl (C=O) groups is 3. The Kier molecular flexibility index (Phi) is 6.85. The fraction of sp³-hybridized carbons (Fsp3) is 0.571. The number of amides is 3. The standard InChI is InChI=1S/C21H29N3O3/c25-19(15-17-7-3-1-4-8-17)22-16-20(26)23-13-9-18(10-14-23)21(27)24-11-5-2-6-12-24/h1,3-4,7-8,18H,2,5-6,9-16H2,(H,22,25). The van der Waals surface area contributed by atoms with E-state index in [1.807, 2.05) is 35.2 Å². The largest absolute Gasteiger partial charge is 0.347 e. The van der Waals surface area contributed by atoms with Crippen molar-refractivity contribution in [3.8, 4) is 0 Å². The zero-order valence-electron chi connectivity index (χ0n) is 15.9. The van der Waals surface area contributed by atoms with Gasteiger partial charge in [0, 0.05) is 32.1 Å². The molecule has 0 aliphatic carbocycles. The first-order valence-electron chi connectivity index (χ1n) is 10.0. The Balaban J connectivity index is 1.38. The predicted molar refractivity (Wildman–Crippen MR) is 103 cm³/mol. The highest BCUT2D eigenvalue weighted by molar-refractivity contribution is 5.86. The van der Waals surface area contributed by atoms with Gasteiger partial charge in [0.25, 0.3) is 0 Å². The van der Waals surface area contributed by atoms with Gasteiger partial charge in [0.1, 0.15) is 0 Å². The molecule has 0 aromatic heterocycles. The van der Waals surface area contributed by atoms with Gasteiger partial charge in [-0.2, -0.15) is 0 Å². The number of rotatable bonds is 5. The maximum absolute atomic E-state index is 12.6. The van der Waals surface area contributed by atoms with Gasteiger partial charge < -0.3 is 15.1 Å². The minimum Gasteiger partial charge on any atom is -0.347 e. The first kappa shape index (κ1) is 19.4. The van der Waals surface area contributed by atoms with E-state index < -0.39 is 0 Å². The first-order chi connectivity index (χ1) is 13.1. The second-order valence-electron chi connectivity index (χ2n) is 7.48. The van der Waals surface area contributed by atoms with E-state index in [1.54, 1.807) is 4.90 Å². The van der Waals surface area contributed by atoms with Crippen molar-refractivity contribution in [1.82, 2.24) is 15.1 Å². The molecule has 146 valence electrons. The summed E-state index contributed by atoms with van der Waals surface area (Å²) in [6, 6.07) is 9.48. The lowest BCUT2D eigenvalue weighted by molar-refractivity contribution is -0.141. The fourth-order valence-electron chi connectivity index (χ4n) is 3.88. The summed E-state index contributed by atoms with van der Waals surface area (Å²) in [5, 5.41) is 2.71. The van der Waals surface area contributed by atoms with Crippen LogP contribution in [0.25, 0.3) is 0 Å². The van der Waals surface area contributed by atoms with Crippen molar-refractivity contribution in [2.45, 2.75) is 38.5 Å². The van der Waals surface area contributed by atoms with E-state index in [0.717, 1.165) is 44.3 Å². The van der Waals surface area contributed by atoms with Gasteiger partial charge in [-0.15, -0.1) is 0 Å². The lowest BCUT2D eigenvalue weighted by Gasteiger charge is -2.35. The number of hydrogen-bond acceptors (Lipinski definition) is 3. The van der Waals surface area contributed by atoms with Crippen molar-refractivity contribution in [1.29, 1.82) is 0 Å². The molecule has 2 aliphatic rings. The molecule has 0 radical (unpaired) electrons. The zero-order valence-corrected chi connectivity index (χ0v) is 15.9. The molecule has 3 rings (SSSR count). The van der Waals surface area contributed by atoms with E-state index in [9.17, 15) is 14.4 Å². The van der Waals surface area contributed by atoms with Gasteiger partial charge in [-0.25, -0.2) is 0 Å². The third-order valence-electron chi connectivity index (χ3n) is 5.51. The van der Waals surface area contributed by atoms with Crippen LogP contribution in [0.4, 0.5) is 0 Å². The van der Waals surface area contributed by atoms with E-state index in [-0.39, 0.29) is 36.6 Å². The third-order valence-corrected chi connectivity index (χ3v) is 5.51. The summed E-state index contributed by atoms with van der Waals surface area (Å²) in [5.74, 6) is 0.0859.